The molecule has 0 saturated carbocycles. The molecule has 2 N–H and O–H groups in total. The van der Waals surface area contributed by atoms with Crippen molar-refractivity contribution in [1.29, 1.82) is 0 Å². The summed E-state index contributed by atoms with van der Waals surface area (Å²) >= 11 is 0. The summed E-state index contributed by atoms with van der Waals surface area (Å²) in [5.41, 5.74) is 6.62. The molecule has 1 aromatic rings. The highest BCUT2D eigenvalue weighted by Crippen LogP contribution is 2.19. The van der Waals surface area contributed by atoms with Gasteiger partial charge in [-0.3, -0.25) is 4.68 Å². The molecular formula is C9H15N3O. The number of ether oxygens (including phenoxy) is 1. The number of hydrogen-bond donors (Lipinski definition) is 1. The maximum Gasteiger partial charge on any atom is 0.0563 e. The first-order chi connectivity index (χ1) is 6.40. The highest BCUT2D eigenvalue weighted by atomic mass is 16.5. The van der Waals surface area contributed by atoms with E-state index < -0.39 is 0 Å². The summed E-state index contributed by atoms with van der Waals surface area (Å²) in [6.07, 6.45) is 6.00. The molecule has 1 aromatic heterocycles. The van der Waals surface area contributed by atoms with E-state index in [1.165, 1.54) is 0 Å². The zero-order chi connectivity index (χ0) is 9.10. The van der Waals surface area contributed by atoms with Crippen molar-refractivity contribution in [2.45, 2.75) is 25.4 Å². The molecule has 0 aliphatic carbocycles. The zero-order valence-corrected chi connectivity index (χ0v) is 7.65. The second-order valence-electron chi connectivity index (χ2n) is 3.38. The summed E-state index contributed by atoms with van der Waals surface area (Å²) in [5.74, 6) is 0. The van der Waals surface area contributed by atoms with Crippen LogP contribution in [-0.2, 0) is 11.3 Å². The molecule has 1 aliphatic heterocycles. The van der Waals surface area contributed by atoms with Gasteiger partial charge in [0.2, 0.25) is 0 Å². The zero-order valence-electron chi connectivity index (χ0n) is 7.65. The van der Waals surface area contributed by atoms with E-state index in [1.807, 2.05) is 17.1 Å². The van der Waals surface area contributed by atoms with Gasteiger partial charge in [0.25, 0.3) is 0 Å². The minimum absolute atomic E-state index is 0.508. The van der Waals surface area contributed by atoms with Gasteiger partial charge >= 0.3 is 0 Å². The molecule has 0 spiro atoms. The predicted molar refractivity (Wildman–Crippen MR) is 49.2 cm³/mol. The molecule has 2 rings (SSSR count). The van der Waals surface area contributed by atoms with Crippen LogP contribution in [0.1, 0.15) is 24.4 Å². The Morgan fingerprint density at radius 3 is 2.92 bits per heavy atom. The van der Waals surface area contributed by atoms with Crippen LogP contribution in [0.3, 0.4) is 0 Å². The maximum atomic E-state index is 5.51. The van der Waals surface area contributed by atoms with E-state index in [0.717, 1.165) is 31.6 Å². The molecule has 1 fully saturated rings. The fourth-order valence-electron chi connectivity index (χ4n) is 1.63. The smallest absolute Gasteiger partial charge is 0.0563 e. The summed E-state index contributed by atoms with van der Waals surface area (Å²) in [4.78, 5) is 0. The first-order valence-electron chi connectivity index (χ1n) is 4.71. The van der Waals surface area contributed by atoms with Crippen molar-refractivity contribution in [3.8, 4) is 0 Å². The van der Waals surface area contributed by atoms with Crippen molar-refractivity contribution in [1.82, 2.24) is 9.78 Å². The Morgan fingerprint density at radius 1 is 1.54 bits per heavy atom. The quantitative estimate of drug-likeness (QED) is 0.730. The second-order valence-corrected chi connectivity index (χ2v) is 3.38. The number of hydrogen-bond acceptors (Lipinski definition) is 3. The van der Waals surface area contributed by atoms with Crippen LogP contribution in [0.5, 0.6) is 0 Å². The van der Waals surface area contributed by atoms with Gasteiger partial charge < -0.3 is 10.5 Å². The van der Waals surface area contributed by atoms with Gasteiger partial charge in [0.15, 0.2) is 0 Å². The van der Waals surface area contributed by atoms with Gasteiger partial charge in [-0.25, -0.2) is 0 Å². The monoisotopic (exact) mass is 181 g/mol. The van der Waals surface area contributed by atoms with Crippen molar-refractivity contribution >= 4 is 0 Å². The average Bonchev–Trinajstić information content (AvgIpc) is 2.67. The number of aromatic nitrogens is 2. The van der Waals surface area contributed by atoms with E-state index in [-0.39, 0.29) is 0 Å². The van der Waals surface area contributed by atoms with E-state index >= 15 is 0 Å². The van der Waals surface area contributed by atoms with Crippen LogP contribution in [-0.4, -0.2) is 23.0 Å². The Labute approximate surface area is 77.7 Å². The number of nitrogens with zero attached hydrogens (tertiary/aromatic N) is 2. The molecule has 1 saturated heterocycles. The first-order valence-corrected chi connectivity index (χ1v) is 4.71. The summed E-state index contributed by atoms with van der Waals surface area (Å²) in [6, 6.07) is 0.508. The van der Waals surface area contributed by atoms with Gasteiger partial charge in [-0.1, -0.05) is 0 Å². The van der Waals surface area contributed by atoms with Crippen molar-refractivity contribution in [2.75, 3.05) is 13.2 Å². The molecule has 0 radical (unpaired) electrons. The molecular weight excluding hydrogens is 166 g/mol. The lowest BCUT2D eigenvalue weighted by Crippen LogP contribution is -2.19. The molecule has 0 amide bonds. The molecule has 0 unspecified atom stereocenters. The molecule has 0 atom stereocenters. The predicted octanol–water partition coefficient (Wildman–Crippen LogP) is 0.693. The van der Waals surface area contributed by atoms with Crippen molar-refractivity contribution in [2.24, 2.45) is 5.73 Å². The van der Waals surface area contributed by atoms with Crippen LogP contribution in [0.4, 0.5) is 0 Å². The molecule has 0 bridgehead atoms. The lowest BCUT2D eigenvalue weighted by molar-refractivity contribution is 0.0662. The third kappa shape index (κ3) is 1.89. The molecule has 2 heterocycles. The Hall–Kier alpha value is -0.870. The normalized spacial score (nSPS) is 19.2. The summed E-state index contributed by atoms with van der Waals surface area (Å²) in [5, 5.41) is 4.29. The summed E-state index contributed by atoms with van der Waals surface area (Å²) in [7, 11) is 0. The van der Waals surface area contributed by atoms with Gasteiger partial charge in [-0.2, -0.15) is 5.10 Å². The first kappa shape index (κ1) is 8.72. The van der Waals surface area contributed by atoms with Crippen LogP contribution >= 0.6 is 0 Å². The lowest BCUT2D eigenvalue weighted by Gasteiger charge is -2.22. The Kier molecular flexibility index (Phi) is 2.61. The maximum absolute atomic E-state index is 5.51. The van der Waals surface area contributed by atoms with Crippen LogP contribution in [0.25, 0.3) is 0 Å². The molecule has 13 heavy (non-hydrogen) atoms. The molecule has 1 aliphatic rings. The van der Waals surface area contributed by atoms with Gasteiger partial charge in [-0.15, -0.1) is 0 Å². The van der Waals surface area contributed by atoms with Crippen molar-refractivity contribution < 1.29 is 4.74 Å². The lowest BCUT2D eigenvalue weighted by atomic mass is 10.1. The number of nitrogens with two attached hydrogens (primary N) is 1. The minimum Gasteiger partial charge on any atom is -0.381 e. The van der Waals surface area contributed by atoms with Crippen LogP contribution < -0.4 is 5.73 Å². The minimum atomic E-state index is 0.508. The fraction of sp³-hybridized carbons (Fsp3) is 0.667. The molecule has 4 heteroatoms. The largest absolute Gasteiger partial charge is 0.381 e. The fourth-order valence-corrected chi connectivity index (χ4v) is 1.63. The second kappa shape index (κ2) is 3.89. The highest BCUT2D eigenvalue weighted by molar-refractivity contribution is 5.03. The van der Waals surface area contributed by atoms with Gasteiger partial charge in [0.1, 0.15) is 0 Å². The Bertz CT molecular complexity index is 266. The van der Waals surface area contributed by atoms with E-state index in [1.54, 1.807) is 0 Å². The standard InChI is InChI=1S/C9H15N3O/c10-5-8-6-11-12(7-8)9-1-3-13-4-2-9/h6-7,9H,1-5,10H2. The van der Waals surface area contributed by atoms with E-state index in [0.29, 0.717) is 12.6 Å². The van der Waals surface area contributed by atoms with Crippen LogP contribution in [0.15, 0.2) is 12.4 Å². The highest BCUT2D eigenvalue weighted by Gasteiger charge is 2.15. The SMILES string of the molecule is NCc1cnn(C2CCOCC2)c1. The summed E-state index contributed by atoms with van der Waals surface area (Å²) in [6.45, 7) is 2.27. The van der Waals surface area contributed by atoms with E-state index in [9.17, 15) is 0 Å². The van der Waals surface area contributed by atoms with Crippen LogP contribution in [0, 0.1) is 0 Å². The molecule has 0 aromatic carbocycles. The van der Waals surface area contributed by atoms with Gasteiger partial charge in [-0.05, 0) is 12.8 Å². The van der Waals surface area contributed by atoms with E-state index in [4.69, 9.17) is 10.5 Å². The topological polar surface area (TPSA) is 53.1 Å². The van der Waals surface area contributed by atoms with Crippen molar-refractivity contribution in [3.05, 3.63) is 18.0 Å². The van der Waals surface area contributed by atoms with E-state index in [2.05, 4.69) is 5.10 Å². The Morgan fingerprint density at radius 2 is 2.31 bits per heavy atom. The van der Waals surface area contributed by atoms with Crippen LogP contribution in [0.2, 0.25) is 0 Å². The Balaban J connectivity index is 2.05. The number of rotatable bonds is 2. The van der Waals surface area contributed by atoms with Gasteiger partial charge in [0, 0.05) is 31.5 Å². The molecule has 4 nitrogen and oxygen atoms in total. The summed E-state index contributed by atoms with van der Waals surface area (Å²) < 4.78 is 7.31. The van der Waals surface area contributed by atoms with Gasteiger partial charge in [0.05, 0.1) is 12.2 Å². The van der Waals surface area contributed by atoms with Crippen molar-refractivity contribution in [3.63, 3.8) is 0 Å². The average molecular weight is 181 g/mol. The third-order valence-corrected chi connectivity index (χ3v) is 2.46. The third-order valence-electron chi connectivity index (χ3n) is 2.46. The molecule has 72 valence electrons.